The Morgan fingerprint density at radius 1 is 1.40 bits per heavy atom. The van der Waals surface area contributed by atoms with E-state index in [1.54, 1.807) is 6.07 Å². The van der Waals surface area contributed by atoms with Crippen LogP contribution in [0.25, 0.3) is 0 Å². The van der Waals surface area contributed by atoms with Crippen molar-refractivity contribution in [2.75, 3.05) is 7.05 Å². The van der Waals surface area contributed by atoms with Crippen LogP contribution in [0.4, 0.5) is 0 Å². The molecule has 1 N–H and O–H groups in total. The highest BCUT2D eigenvalue weighted by Crippen LogP contribution is 2.31. The summed E-state index contributed by atoms with van der Waals surface area (Å²) in [5, 5.41) is 3.74. The number of rotatable bonds is 3. The van der Waals surface area contributed by atoms with Crippen molar-refractivity contribution in [3.63, 3.8) is 0 Å². The number of likely N-dealkylation sites (N-methyl/N-ethyl adjacent to an activating group) is 1. The lowest BCUT2D eigenvalue weighted by Gasteiger charge is -2.20. The van der Waals surface area contributed by atoms with Crippen molar-refractivity contribution >= 4 is 11.6 Å². The number of nitrogens with one attached hydrogen (secondary N) is 1. The second-order valence-electron chi connectivity index (χ2n) is 3.89. The topological polar surface area (TPSA) is 25.2 Å². The third-order valence-corrected chi connectivity index (χ3v) is 3.07. The molecule has 2 nitrogen and oxygen atoms in total. The summed E-state index contributed by atoms with van der Waals surface area (Å²) in [4.78, 5) is 0. The second-order valence-corrected chi connectivity index (χ2v) is 4.26. The third kappa shape index (κ3) is 2.44. The minimum Gasteiger partial charge on any atom is -0.448 e. The molecule has 0 saturated carbocycles. The van der Waals surface area contributed by atoms with Crippen molar-refractivity contribution in [1.29, 1.82) is 0 Å². The van der Waals surface area contributed by atoms with Crippen LogP contribution >= 0.6 is 11.6 Å². The van der Waals surface area contributed by atoms with E-state index >= 15 is 0 Å². The van der Waals surface area contributed by atoms with Gasteiger partial charge in [0.15, 0.2) is 5.22 Å². The van der Waals surface area contributed by atoms with Crippen LogP contribution in [0.1, 0.15) is 37.5 Å². The van der Waals surface area contributed by atoms with Crippen molar-refractivity contribution in [3.05, 3.63) is 34.8 Å². The third-order valence-electron chi connectivity index (χ3n) is 2.86. The normalized spacial score (nSPS) is 18.7. The number of hydrogen-bond acceptors (Lipinski definition) is 2. The van der Waals surface area contributed by atoms with Gasteiger partial charge in [0, 0.05) is 0 Å². The molecule has 0 fully saturated rings. The monoisotopic (exact) mass is 225 g/mol. The van der Waals surface area contributed by atoms with Gasteiger partial charge in [0.1, 0.15) is 5.76 Å². The lowest BCUT2D eigenvalue weighted by atomic mass is 9.93. The molecule has 82 valence electrons. The van der Waals surface area contributed by atoms with E-state index in [4.69, 9.17) is 16.0 Å². The van der Waals surface area contributed by atoms with Crippen LogP contribution in [0.3, 0.4) is 0 Å². The lowest BCUT2D eigenvalue weighted by molar-refractivity contribution is 0.449. The summed E-state index contributed by atoms with van der Waals surface area (Å²) >= 11 is 5.79. The summed E-state index contributed by atoms with van der Waals surface area (Å²) in [5.41, 5.74) is 1.43. The molecule has 15 heavy (non-hydrogen) atoms. The van der Waals surface area contributed by atoms with E-state index in [1.807, 2.05) is 13.1 Å². The first-order chi connectivity index (χ1) is 7.31. The van der Waals surface area contributed by atoms with Crippen LogP contribution in [0, 0.1) is 0 Å². The Balaban J connectivity index is 2.19. The molecule has 1 aliphatic rings. The van der Waals surface area contributed by atoms with Gasteiger partial charge in [-0.25, -0.2) is 0 Å². The van der Waals surface area contributed by atoms with Gasteiger partial charge in [0.25, 0.3) is 0 Å². The largest absolute Gasteiger partial charge is 0.448 e. The highest BCUT2D eigenvalue weighted by atomic mass is 35.5. The number of hydrogen-bond donors (Lipinski definition) is 1. The Kier molecular flexibility index (Phi) is 3.49. The lowest BCUT2D eigenvalue weighted by Crippen LogP contribution is -2.19. The first kappa shape index (κ1) is 10.8. The molecular weight excluding hydrogens is 210 g/mol. The molecule has 0 aliphatic heterocycles. The molecule has 1 aromatic heterocycles. The van der Waals surface area contributed by atoms with E-state index in [0.717, 1.165) is 12.2 Å². The Labute approximate surface area is 95.3 Å². The molecule has 0 radical (unpaired) electrons. The van der Waals surface area contributed by atoms with Gasteiger partial charge in [-0.2, -0.15) is 0 Å². The average molecular weight is 226 g/mol. The van der Waals surface area contributed by atoms with Gasteiger partial charge >= 0.3 is 0 Å². The number of allylic oxidation sites excluding steroid dienone is 1. The zero-order chi connectivity index (χ0) is 10.7. The predicted octanol–water partition coefficient (Wildman–Crippen LogP) is 3.69. The molecule has 1 aromatic rings. The molecule has 3 heteroatoms. The molecular formula is C12H16ClNO. The van der Waals surface area contributed by atoms with Crippen LogP contribution in [0.5, 0.6) is 0 Å². The summed E-state index contributed by atoms with van der Waals surface area (Å²) in [6.07, 6.45) is 7.24. The molecule has 1 heterocycles. The minimum atomic E-state index is 0.192. The van der Waals surface area contributed by atoms with Crippen LogP contribution in [-0.4, -0.2) is 7.05 Å². The van der Waals surface area contributed by atoms with Crippen molar-refractivity contribution in [2.45, 2.75) is 31.7 Å². The van der Waals surface area contributed by atoms with Gasteiger partial charge in [-0.15, -0.1) is 0 Å². The maximum Gasteiger partial charge on any atom is 0.193 e. The fourth-order valence-corrected chi connectivity index (χ4v) is 2.27. The van der Waals surface area contributed by atoms with Crippen LogP contribution in [-0.2, 0) is 0 Å². The summed E-state index contributed by atoms with van der Waals surface area (Å²) in [6.45, 7) is 0. The zero-order valence-corrected chi connectivity index (χ0v) is 9.68. The SMILES string of the molecule is CNC(C1=CCCCC1)c1ccc(Cl)o1. The highest BCUT2D eigenvalue weighted by Gasteiger charge is 2.19. The van der Waals surface area contributed by atoms with Crippen LogP contribution in [0.2, 0.25) is 5.22 Å². The molecule has 0 bridgehead atoms. The Hall–Kier alpha value is -0.730. The first-order valence-electron chi connectivity index (χ1n) is 5.42. The van der Waals surface area contributed by atoms with Crippen molar-refractivity contribution in [3.8, 4) is 0 Å². The highest BCUT2D eigenvalue weighted by molar-refractivity contribution is 6.28. The van der Waals surface area contributed by atoms with Crippen molar-refractivity contribution in [2.24, 2.45) is 0 Å². The molecule has 0 saturated heterocycles. The summed E-state index contributed by atoms with van der Waals surface area (Å²) in [5.74, 6) is 0.913. The minimum absolute atomic E-state index is 0.192. The molecule has 0 amide bonds. The van der Waals surface area contributed by atoms with Crippen molar-refractivity contribution < 1.29 is 4.42 Å². The molecule has 0 spiro atoms. The van der Waals surface area contributed by atoms with Gasteiger partial charge < -0.3 is 9.73 Å². The molecule has 0 aromatic carbocycles. The average Bonchev–Trinajstić information content (AvgIpc) is 2.68. The quantitative estimate of drug-likeness (QED) is 0.794. The Bertz CT molecular complexity index is 356. The smallest absolute Gasteiger partial charge is 0.193 e. The van der Waals surface area contributed by atoms with E-state index in [-0.39, 0.29) is 6.04 Å². The summed E-state index contributed by atoms with van der Waals surface area (Å²) < 4.78 is 5.45. The fourth-order valence-electron chi connectivity index (χ4n) is 2.12. The number of furan rings is 1. The molecule has 1 atom stereocenters. The first-order valence-corrected chi connectivity index (χ1v) is 5.80. The van der Waals surface area contributed by atoms with E-state index < -0.39 is 0 Å². The Morgan fingerprint density at radius 2 is 2.27 bits per heavy atom. The maximum absolute atomic E-state index is 5.79. The van der Waals surface area contributed by atoms with Crippen LogP contribution in [0.15, 0.2) is 28.2 Å². The molecule has 1 aliphatic carbocycles. The van der Waals surface area contributed by atoms with Crippen molar-refractivity contribution in [1.82, 2.24) is 5.32 Å². The fraction of sp³-hybridized carbons (Fsp3) is 0.500. The van der Waals surface area contributed by atoms with Gasteiger partial charge in [-0.3, -0.25) is 0 Å². The Morgan fingerprint density at radius 3 is 2.80 bits per heavy atom. The van der Waals surface area contributed by atoms with Gasteiger partial charge in [0.2, 0.25) is 0 Å². The number of halogens is 1. The standard InChI is InChI=1S/C12H16ClNO/c1-14-12(9-5-3-2-4-6-9)10-7-8-11(13)15-10/h5,7-8,12,14H,2-4,6H2,1H3. The molecule has 2 rings (SSSR count). The summed E-state index contributed by atoms with van der Waals surface area (Å²) in [7, 11) is 1.95. The second kappa shape index (κ2) is 4.86. The predicted molar refractivity (Wildman–Crippen MR) is 62.1 cm³/mol. The zero-order valence-electron chi connectivity index (χ0n) is 8.92. The van der Waals surface area contributed by atoms with Gasteiger partial charge in [-0.05, 0) is 62.0 Å². The van der Waals surface area contributed by atoms with E-state index in [0.29, 0.717) is 5.22 Å². The van der Waals surface area contributed by atoms with E-state index in [9.17, 15) is 0 Å². The van der Waals surface area contributed by atoms with E-state index in [1.165, 1.54) is 24.8 Å². The maximum atomic E-state index is 5.79. The van der Waals surface area contributed by atoms with Crippen LogP contribution < -0.4 is 5.32 Å². The molecule has 1 unspecified atom stereocenters. The van der Waals surface area contributed by atoms with E-state index in [2.05, 4.69) is 11.4 Å². The van der Waals surface area contributed by atoms with Gasteiger partial charge in [0.05, 0.1) is 6.04 Å². The summed E-state index contributed by atoms with van der Waals surface area (Å²) in [6, 6.07) is 3.93. The van der Waals surface area contributed by atoms with Gasteiger partial charge in [-0.1, -0.05) is 6.08 Å².